The molecular formula is C22H18ClN3. The summed E-state index contributed by atoms with van der Waals surface area (Å²) in [5, 5.41) is 0.231. The summed E-state index contributed by atoms with van der Waals surface area (Å²) in [4.78, 5) is 13.3. The van der Waals surface area contributed by atoms with E-state index in [1.165, 1.54) is 18.4 Å². The van der Waals surface area contributed by atoms with Crippen molar-refractivity contribution < 1.29 is 0 Å². The lowest BCUT2D eigenvalue weighted by Crippen LogP contribution is -2.65. The molecule has 4 heteroatoms. The average Bonchev–Trinajstić information content (AvgIpc) is 2.68. The number of hydrogen-bond acceptors (Lipinski definition) is 3. The summed E-state index contributed by atoms with van der Waals surface area (Å²) in [6.45, 7) is 0. The Morgan fingerprint density at radius 1 is 0.731 bits per heavy atom. The molecule has 6 rings (SSSR count). The lowest BCUT2D eigenvalue weighted by Gasteiger charge is -2.73. The minimum Gasteiger partial charge on any atom is -0.208 e. The zero-order chi connectivity index (χ0) is 17.3. The highest BCUT2D eigenvalue weighted by molar-refractivity contribution is 6.28. The standard InChI is InChI=1S/C22H18ClN3/c23-22-25-20(13-4-2-1-3-5-13)24-21(26-22)14-8-6-12(7-9-14)18-16-10-15-11-17(18)19(15)16/h1-9,15-19H,10-11H2/t15?,16-,17?,18?,19?/m1/s1. The van der Waals surface area contributed by atoms with Crippen LogP contribution in [0.2, 0.25) is 5.28 Å². The van der Waals surface area contributed by atoms with Crippen LogP contribution in [-0.2, 0) is 0 Å². The molecule has 3 aliphatic carbocycles. The third kappa shape index (κ3) is 2.04. The molecule has 0 bridgehead atoms. The second-order valence-corrected chi connectivity index (χ2v) is 8.24. The monoisotopic (exact) mass is 359 g/mol. The molecule has 128 valence electrons. The molecule has 0 saturated heterocycles. The maximum Gasteiger partial charge on any atom is 0.226 e. The molecule has 1 aromatic heterocycles. The van der Waals surface area contributed by atoms with Gasteiger partial charge in [-0.05, 0) is 59.6 Å². The van der Waals surface area contributed by atoms with Crippen molar-refractivity contribution in [2.24, 2.45) is 23.7 Å². The van der Waals surface area contributed by atoms with E-state index in [1.807, 2.05) is 30.3 Å². The second-order valence-electron chi connectivity index (χ2n) is 7.90. The van der Waals surface area contributed by atoms with Crippen molar-refractivity contribution in [1.29, 1.82) is 0 Å². The highest BCUT2D eigenvalue weighted by Crippen LogP contribution is 2.75. The van der Waals surface area contributed by atoms with E-state index >= 15 is 0 Å². The van der Waals surface area contributed by atoms with E-state index in [-0.39, 0.29) is 5.28 Å². The van der Waals surface area contributed by atoms with Gasteiger partial charge in [-0.3, -0.25) is 0 Å². The Morgan fingerprint density at radius 2 is 1.35 bits per heavy atom. The minimum atomic E-state index is 0.231. The number of aromatic nitrogens is 3. The van der Waals surface area contributed by atoms with Gasteiger partial charge in [0.25, 0.3) is 0 Å². The fraction of sp³-hybridized carbons (Fsp3) is 0.318. The first-order valence-corrected chi connectivity index (χ1v) is 9.73. The predicted molar refractivity (Wildman–Crippen MR) is 102 cm³/mol. The second kappa shape index (κ2) is 5.37. The molecule has 0 radical (unpaired) electrons. The normalized spacial score (nSPS) is 30.6. The van der Waals surface area contributed by atoms with Gasteiger partial charge in [0.05, 0.1) is 0 Å². The first-order valence-electron chi connectivity index (χ1n) is 9.35. The van der Waals surface area contributed by atoms with Crippen LogP contribution >= 0.6 is 11.6 Å². The van der Waals surface area contributed by atoms with Crippen LogP contribution in [0.25, 0.3) is 22.8 Å². The highest BCUT2D eigenvalue weighted by Gasteiger charge is 2.67. The van der Waals surface area contributed by atoms with Crippen molar-refractivity contribution >= 4 is 11.6 Å². The summed E-state index contributed by atoms with van der Waals surface area (Å²) in [5.41, 5.74) is 3.42. The molecule has 3 nitrogen and oxygen atoms in total. The largest absolute Gasteiger partial charge is 0.226 e. The highest BCUT2D eigenvalue weighted by atomic mass is 35.5. The number of halogens is 1. The SMILES string of the molecule is Clc1nc(-c2ccccc2)nc(-c2ccc(C3C4CC5C[C@H]3C54)cc2)n1. The van der Waals surface area contributed by atoms with Gasteiger partial charge in [0, 0.05) is 11.1 Å². The summed E-state index contributed by atoms with van der Waals surface area (Å²) in [7, 11) is 0. The van der Waals surface area contributed by atoms with Gasteiger partial charge in [-0.1, -0.05) is 54.6 Å². The summed E-state index contributed by atoms with van der Waals surface area (Å²) in [5.74, 6) is 6.10. The van der Waals surface area contributed by atoms with Crippen molar-refractivity contribution in [3.05, 3.63) is 65.4 Å². The molecule has 3 aromatic rings. The van der Waals surface area contributed by atoms with Crippen molar-refractivity contribution in [2.75, 3.05) is 0 Å². The number of nitrogens with zero attached hydrogens (tertiary/aromatic N) is 3. The Labute approximate surface area is 157 Å². The van der Waals surface area contributed by atoms with Crippen LogP contribution in [0.15, 0.2) is 54.6 Å². The first-order chi connectivity index (χ1) is 12.8. The van der Waals surface area contributed by atoms with Crippen molar-refractivity contribution in [3.8, 4) is 22.8 Å². The molecule has 0 amide bonds. The van der Waals surface area contributed by atoms with Crippen LogP contribution in [0.5, 0.6) is 0 Å². The fourth-order valence-corrected chi connectivity index (χ4v) is 5.70. The van der Waals surface area contributed by atoms with E-state index in [9.17, 15) is 0 Å². The van der Waals surface area contributed by atoms with E-state index in [0.29, 0.717) is 11.6 Å². The number of benzene rings is 2. The van der Waals surface area contributed by atoms with Crippen molar-refractivity contribution in [2.45, 2.75) is 18.8 Å². The Bertz CT molecular complexity index is 972. The van der Waals surface area contributed by atoms with E-state index in [0.717, 1.165) is 40.7 Å². The van der Waals surface area contributed by atoms with Crippen LogP contribution in [0.4, 0.5) is 0 Å². The van der Waals surface area contributed by atoms with Crippen LogP contribution < -0.4 is 0 Å². The molecule has 0 spiro atoms. The zero-order valence-electron chi connectivity index (χ0n) is 14.2. The van der Waals surface area contributed by atoms with Crippen molar-refractivity contribution in [1.82, 2.24) is 15.0 Å². The van der Waals surface area contributed by atoms with E-state index in [2.05, 4.69) is 39.2 Å². The van der Waals surface area contributed by atoms with Gasteiger partial charge in [-0.2, -0.15) is 9.97 Å². The molecular weight excluding hydrogens is 342 g/mol. The van der Waals surface area contributed by atoms with Gasteiger partial charge in [-0.15, -0.1) is 0 Å². The van der Waals surface area contributed by atoms with Crippen LogP contribution in [-0.4, -0.2) is 15.0 Å². The third-order valence-electron chi connectivity index (χ3n) is 6.80. The third-order valence-corrected chi connectivity index (χ3v) is 6.97. The maximum atomic E-state index is 6.17. The maximum absolute atomic E-state index is 6.17. The molecule has 0 N–H and O–H groups in total. The Kier molecular flexibility index (Phi) is 3.07. The van der Waals surface area contributed by atoms with E-state index < -0.39 is 0 Å². The van der Waals surface area contributed by atoms with Gasteiger partial charge in [0.15, 0.2) is 11.6 Å². The summed E-state index contributed by atoms with van der Waals surface area (Å²) < 4.78 is 0. The fourth-order valence-electron chi connectivity index (χ4n) is 5.54. The number of hydrogen-bond donors (Lipinski definition) is 0. The van der Waals surface area contributed by atoms with Gasteiger partial charge in [0.1, 0.15) is 0 Å². The van der Waals surface area contributed by atoms with Crippen LogP contribution in [0.3, 0.4) is 0 Å². The Balaban J connectivity index is 1.32. The molecule has 3 aliphatic rings. The van der Waals surface area contributed by atoms with Gasteiger partial charge < -0.3 is 0 Å². The topological polar surface area (TPSA) is 38.7 Å². The Morgan fingerprint density at radius 3 is 1.92 bits per heavy atom. The average molecular weight is 360 g/mol. The quantitative estimate of drug-likeness (QED) is 0.642. The van der Waals surface area contributed by atoms with Crippen LogP contribution in [0.1, 0.15) is 24.3 Å². The molecule has 26 heavy (non-hydrogen) atoms. The van der Waals surface area contributed by atoms with E-state index in [1.54, 1.807) is 0 Å². The molecule has 2 aromatic carbocycles. The predicted octanol–water partition coefficient (Wildman–Crippen LogP) is 5.23. The minimum absolute atomic E-state index is 0.231. The smallest absolute Gasteiger partial charge is 0.208 e. The van der Waals surface area contributed by atoms with Crippen LogP contribution in [0, 0.1) is 23.7 Å². The molecule has 1 heterocycles. The van der Waals surface area contributed by atoms with Crippen molar-refractivity contribution in [3.63, 3.8) is 0 Å². The molecule has 4 unspecified atom stereocenters. The summed E-state index contributed by atoms with van der Waals surface area (Å²) >= 11 is 6.17. The summed E-state index contributed by atoms with van der Waals surface area (Å²) in [6, 6.07) is 18.7. The first kappa shape index (κ1) is 14.9. The number of rotatable bonds is 3. The molecule has 0 aliphatic heterocycles. The molecule has 3 saturated carbocycles. The van der Waals surface area contributed by atoms with Gasteiger partial charge in [-0.25, -0.2) is 4.98 Å². The lowest BCUT2D eigenvalue weighted by atomic mass is 9.31. The zero-order valence-corrected chi connectivity index (χ0v) is 15.0. The summed E-state index contributed by atoms with van der Waals surface area (Å²) in [6.07, 6.45) is 2.91. The van der Waals surface area contributed by atoms with Gasteiger partial charge >= 0.3 is 0 Å². The lowest BCUT2D eigenvalue weighted by molar-refractivity contribution is -0.214. The van der Waals surface area contributed by atoms with Gasteiger partial charge in [0.2, 0.25) is 5.28 Å². The molecule has 5 atom stereocenters. The Hall–Kier alpha value is -2.26. The van der Waals surface area contributed by atoms with E-state index in [4.69, 9.17) is 11.6 Å². The molecule has 3 fully saturated rings.